The molecule has 8 nitrogen and oxygen atoms in total. The van der Waals surface area contributed by atoms with Crippen molar-refractivity contribution in [3.05, 3.63) is 0 Å². The summed E-state index contributed by atoms with van der Waals surface area (Å²) in [6, 6.07) is 0. The topological polar surface area (TPSA) is 127 Å². The summed E-state index contributed by atoms with van der Waals surface area (Å²) < 4.78 is 41.9. The highest BCUT2D eigenvalue weighted by Crippen LogP contribution is 2.11. The zero-order valence-corrected chi connectivity index (χ0v) is 23.8. The van der Waals surface area contributed by atoms with Gasteiger partial charge in [0.15, 0.2) is 0 Å². The molecule has 36 heavy (non-hydrogen) atoms. The van der Waals surface area contributed by atoms with Crippen LogP contribution in [0.25, 0.3) is 0 Å². The first-order chi connectivity index (χ1) is 17.2. The molecule has 0 heterocycles. The number of carbonyl (C=O) groups is 2. The van der Waals surface area contributed by atoms with Crippen molar-refractivity contribution in [1.29, 1.82) is 0 Å². The van der Waals surface area contributed by atoms with E-state index in [1.807, 2.05) is 0 Å². The molecule has 0 aliphatic heterocycles. The Hall–Kier alpha value is -1.19. The minimum atomic E-state index is -4.67. The average Bonchev–Trinajstić information content (AvgIpc) is 2.80. The summed E-state index contributed by atoms with van der Waals surface area (Å²) in [6.45, 7) is 5.33. The van der Waals surface area contributed by atoms with Crippen LogP contribution in [0.1, 0.15) is 149 Å². The number of unbranched alkanes of at least 4 members (excludes halogenated alkanes) is 18. The molecule has 0 aromatic carbocycles. The fourth-order valence-corrected chi connectivity index (χ4v) is 3.77. The molecule has 216 valence electrons. The van der Waals surface area contributed by atoms with Crippen LogP contribution in [-0.4, -0.2) is 42.7 Å². The van der Waals surface area contributed by atoms with Crippen LogP contribution in [0.5, 0.6) is 0 Å². The minimum Gasteiger partial charge on any atom is -0.465 e. The van der Waals surface area contributed by atoms with Gasteiger partial charge in [-0.15, -0.1) is 0 Å². The van der Waals surface area contributed by atoms with Crippen LogP contribution in [0.15, 0.2) is 0 Å². The van der Waals surface area contributed by atoms with E-state index in [0.717, 1.165) is 25.7 Å². The van der Waals surface area contributed by atoms with Crippen LogP contribution in [0.3, 0.4) is 0 Å². The molecule has 0 spiro atoms. The Bertz CT molecular complexity index is 549. The van der Waals surface area contributed by atoms with Gasteiger partial charge in [-0.1, -0.05) is 129 Å². The summed E-state index contributed by atoms with van der Waals surface area (Å²) in [5.74, 6) is -0.909. The number of carbonyl (C=O) groups excluding carboxylic acids is 2. The first-order valence-corrected chi connectivity index (χ1v) is 15.6. The molecule has 0 bridgehead atoms. The summed E-state index contributed by atoms with van der Waals surface area (Å²) in [5.41, 5.74) is 0. The Morgan fingerprint density at radius 3 is 0.972 bits per heavy atom. The fraction of sp³-hybridized carbons (Fsp3) is 0.926. The third-order valence-corrected chi connectivity index (χ3v) is 5.81. The van der Waals surface area contributed by atoms with Gasteiger partial charge in [0.2, 0.25) is 0 Å². The molecule has 0 aromatic rings. The lowest BCUT2D eigenvalue weighted by molar-refractivity contribution is -0.154. The van der Waals surface area contributed by atoms with Gasteiger partial charge in [-0.05, 0) is 12.8 Å². The molecule has 0 atom stereocenters. The highest BCUT2D eigenvalue weighted by molar-refractivity contribution is 7.79. The molecule has 0 amide bonds. The van der Waals surface area contributed by atoms with Crippen LogP contribution in [-0.2, 0) is 29.5 Å². The second-order valence-corrected chi connectivity index (χ2v) is 10.3. The van der Waals surface area contributed by atoms with E-state index >= 15 is 0 Å². The van der Waals surface area contributed by atoms with E-state index < -0.39 is 22.3 Å². The lowest BCUT2D eigenvalue weighted by Crippen LogP contribution is -2.15. The van der Waals surface area contributed by atoms with Crippen molar-refractivity contribution < 1.29 is 36.6 Å². The molecule has 0 saturated carbocycles. The maximum absolute atomic E-state index is 11.7. The van der Waals surface area contributed by atoms with Gasteiger partial charge < -0.3 is 9.47 Å². The number of ether oxygens (including phenoxy) is 2. The normalized spacial score (nSPS) is 11.0. The summed E-state index contributed by atoms with van der Waals surface area (Å²) in [5, 5.41) is 0. The van der Waals surface area contributed by atoms with Gasteiger partial charge in [0.25, 0.3) is 0 Å². The molecule has 0 aliphatic carbocycles. The monoisotopic (exact) mass is 538 g/mol. The lowest BCUT2D eigenvalue weighted by atomic mass is 10.1. The first kappa shape index (κ1) is 37.0. The van der Waals surface area contributed by atoms with Crippen molar-refractivity contribution in [2.45, 2.75) is 149 Å². The van der Waals surface area contributed by atoms with Crippen LogP contribution >= 0.6 is 0 Å². The lowest BCUT2D eigenvalue weighted by Gasteiger charge is -2.06. The van der Waals surface area contributed by atoms with Crippen LogP contribution in [0.2, 0.25) is 0 Å². The first-order valence-electron chi connectivity index (χ1n) is 14.2. The van der Waals surface area contributed by atoms with Gasteiger partial charge in [0, 0.05) is 0 Å². The van der Waals surface area contributed by atoms with E-state index in [9.17, 15) is 9.59 Å². The summed E-state index contributed by atoms with van der Waals surface area (Å²) >= 11 is 0. The standard InChI is InChI=1S/C27H52O4.H2O4S/c1-3-5-7-9-11-13-15-17-19-21-23-30-26(28)25-27(29)31-24-22-20-18-16-14-12-10-8-6-4-2;1-5(2,3)4/h3-25H2,1-2H3;(H2,1,2,3,4). The Labute approximate surface area is 220 Å². The predicted molar refractivity (Wildman–Crippen MR) is 144 cm³/mol. The third kappa shape index (κ3) is 40.0. The molecule has 2 N–H and O–H groups in total. The smallest absolute Gasteiger partial charge is 0.394 e. The fourth-order valence-electron chi connectivity index (χ4n) is 3.77. The molecule has 0 aliphatic rings. The van der Waals surface area contributed by atoms with E-state index in [-0.39, 0.29) is 6.42 Å². The maximum atomic E-state index is 11.7. The minimum absolute atomic E-state index is 0.254. The van der Waals surface area contributed by atoms with Gasteiger partial charge in [-0.25, -0.2) is 0 Å². The molecule has 0 rings (SSSR count). The van der Waals surface area contributed by atoms with E-state index in [2.05, 4.69) is 13.8 Å². The van der Waals surface area contributed by atoms with Gasteiger partial charge in [0.1, 0.15) is 6.42 Å². The zero-order valence-electron chi connectivity index (χ0n) is 23.0. The van der Waals surface area contributed by atoms with Gasteiger partial charge in [-0.2, -0.15) is 8.42 Å². The maximum Gasteiger partial charge on any atom is 0.394 e. The van der Waals surface area contributed by atoms with Crippen LogP contribution in [0.4, 0.5) is 0 Å². The van der Waals surface area contributed by atoms with Crippen LogP contribution in [0, 0.1) is 0 Å². The summed E-state index contributed by atoms with van der Waals surface area (Å²) in [4.78, 5) is 23.4. The van der Waals surface area contributed by atoms with Crippen molar-refractivity contribution in [2.24, 2.45) is 0 Å². The quantitative estimate of drug-likeness (QED) is 0.0555. The van der Waals surface area contributed by atoms with Crippen molar-refractivity contribution >= 4 is 22.3 Å². The Morgan fingerprint density at radius 2 is 0.722 bits per heavy atom. The second-order valence-electron chi connectivity index (χ2n) is 9.43. The Morgan fingerprint density at radius 1 is 0.500 bits per heavy atom. The van der Waals surface area contributed by atoms with Crippen molar-refractivity contribution in [2.75, 3.05) is 13.2 Å². The Kier molecular flexibility index (Phi) is 29.1. The van der Waals surface area contributed by atoms with Gasteiger partial charge in [-0.3, -0.25) is 18.7 Å². The third-order valence-electron chi connectivity index (χ3n) is 5.81. The van der Waals surface area contributed by atoms with Crippen molar-refractivity contribution in [3.63, 3.8) is 0 Å². The number of esters is 2. The van der Waals surface area contributed by atoms with Gasteiger partial charge >= 0.3 is 22.3 Å². The van der Waals surface area contributed by atoms with E-state index in [1.165, 1.54) is 103 Å². The number of hydrogen-bond acceptors (Lipinski definition) is 6. The second kappa shape index (κ2) is 28.4. The average molecular weight is 539 g/mol. The summed E-state index contributed by atoms with van der Waals surface area (Å²) in [7, 11) is -4.67. The molecule has 0 fully saturated rings. The number of rotatable bonds is 24. The van der Waals surface area contributed by atoms with Gasteiger partial charge in [0.05, 0.1) is 13.2 Å². The van der Waals surface area contributed by atoms with Crippen molar-refractivity contribution in [1.82, 2.24) is 0 Å². The molecule has 0 radical (unpaired) electrons. The SMILES string of the molecule is CCCCCCCCCCCCOC(=O)CC(=O)OCCCCCCCCCCCC.O=S(=O)(O)O. The number of hydrogen-bond donors (Lipinski definition) is 2. The zero-order chi connectivity index (χ0) is 27.3. The molecule has 0 aromatic heterocycles. The van der Waals surface area contributed by atoms with Crippen molar-refractivity contribution in [3.8, 4) is 0 Å². The molecular weight excluding hydrogens is 484 g/mol. The molecule has 0 saturated heterocycles. The highest BCUT2D eigenvalue weighted by Gasteiger charge is 2.11. The van der Waals surface area contributed by atoms with E-state index in [0.29, 0.717) is 13.2 Å². The van der Waals surface area contributed by atoms with Crippen LogP contribution < -0.4 is 0 Å². The molecule has 9 heteroatoms. The molecular formula is C27H54O8S. The van der Waals surface area contributed by atoms with E-state index in [1.54, 1.807) is 0 Å². The van der Waals surface area contributed by atoms with E-state index in [4.69, 9.17) is 27.0 Å². The largest absolute Gasteiger partial charge is 0.465 e. The Balaban J connectivity index is 0. The summed E-state index contributed by atoms with van der Waals surface area (Å²) in [6.07, 6.45) is 24.7. The molecule has 0 unspecified atom stereocenters. The highest BCUT2D eigenvalue weighted by atomic mass is 32.3. The predicted octanol–water partition coefficient (Wildman–Crippen LogP) is 7.65.